The molecule has 0 bridgehead atoms. The van der Waals surface area contributed by atoms with Gasteiger partial charge in [-0.25, -0.2) is 4.68 Å². The Balaban J connectivity index is 1.19. The van der Waals surface area contributed by atoms with E-state index in [-0.39, 0.29) is 5.91 Å². The van der Waals surface area contributed by atoms with Crippen LogP contribution in [0.15, 0.2) is 41.6 Å². The van der Waals surface area contributed by atoms with Crippen LogP contribution >= 0.6 is 11.8 Å². The number of quaternary nitrogens is 1. The number of nitrogens with one attached hydrogen (secondary N) is 1. The zero-order chi connectivity index (χ0) is 19.9. The highest BCUT2D eigenvalue weighted by Gasteiger charge is 2.25. The Kier molecular flexibility index (Phi) is 6.95. The summed E-state index contributed by atoms with van der Waals surface area (Å²) in [4.78, 5) is 16.1. The molecule has 0 unspecified atom stereocenters. The Morgan fingerprint density at radius 2 is 1.93 bits per heavy atom. The number of carbonyl (C=O) groups excluding carboxylic acids is 1. The molecule has 0 radical (unpaired) electrons. The molecule has 1 aliphatic carbocycles. The number of hydrogen-bond donors (Lipinski definition) is 1. The number of tetrazole rings is 1. The summed E-state index contributed by atoms with van der Waals surface area (Å²) < 4.78 is 1.92. The highest BCUT2D eigenvalue weighted by molar-refractivity contribution is 7.99. The summed E-state index contributed by atoms with van der Waals surface area (Å²) in [5, 5.41) is 12.9. The molecule has 2 fully saturated rings. The first kappa shape index (κ1) is 20.1. The SMILES string of the molecule is O=C(CSc1nnnn1C1CCCC1)N1CC[NH+](C/C=C/c2ccccc2)CC1. The average Bonchev–Trinajstić information content (AvgIpc) is 3.45. The van der Waals surface area contributed by atoms with Gasteiger partial charge in [0.05, 0.1) is 44.5 Å². The normalized spacial score (nSPS) is 18.7. The summed E-state index contributed by atoms with van der Waals surface area (Å²) in [6.45, 7) is 4.63. The molecule has 2 heterocycles. The van der Waals surface area contributed by atoms with Crippen molar-refractivity contribution >= 4 is 23.7 Å². The lowest BCUT2D eigenvalue weighted by Gasteiger charge is -2.31. The minimum atomic E-state index is 0.190. The first-order valence-electron chi connectivity index (χ1n) is 10.5. The highest BCUT2D eigenvalue weighted by atomic mass is 32.2. The van der Waals surface area contributed by atoms with Crippen LogP contribution in [0.3, 0.4) is 0 Å². The highest BCUT2D eigenvalue weighted by Crippen LogP contribution is 2.31. The number of hydrogen-bond acceptors (Lipinski definition) is 5. The van der Waals surface area contributed by atoms with E-state index in [4.69, 9.17) is 0 Å². The van der Waals surface area contributed by atoms with Crippen LogP contribution in [0.25, 0.3) is 6.08 Å². The number of rotatable bonds is 7. The van der Waals surface area contributed by atoms with Gasteiger partial charge in [-0.05, 0) is 34.9 Å². The summed E-state index contributed by atoms with van der Waals surface area (Å²) >= 11 is 1.47. The maximum Gasteiger partial charge on any atom is 0.233 e. The van der Waals surface area contributed by atoms with Gasteiger partial charge in [-0.15, -0.1) is 5.10 Å². The van der Waals surface area contributed by atoms with Crippen molar-refractivity contribution in [2.24, 2.45) is 0 Å². The Morgan fingerprint density at radius 1 is 1.17 bits per heavy atom. The van der Waals surface area contributed by atoms with Gasteiger partial charge in [0.2, 0.25) is 11.1 Å². The van der Waals surface area contributed by atoms with Gasteiger partial charge in [0.25, 0.3) is 0 Å². The Morgan fingerprint density at radius 3 is 2.69 bits per heavy atom. The van der Waals surface area contributed by atoms with E-state index in [2.05, 4.69) is 51.9 Å². The minimum Gasteiger partial charge on any atom is -0.331 e. The number of aromatic nitrogens is 4. The van der Waals surface area contributed by atoms with Crippen LogP contribution in [0, 0.1) is 0 Å². The third-order valence-corrected chi connectivity index (χ3v) is 6.72. The third-order valence-electron chi connectivity index (χ3n) is 5.80. The van der Waals surface area contributed by atoms with Gasteiger partial charge in [0.15, 0.2) is 0 Å². The zero-order valence-corrected chi connectivity index (χ0v) is 17.6. The molecular formula is C21H29N6OS+. The maximum atomic E-state index is 12.6. The van der Waals surface area contributed by atoms with Crippen molar-refractivity contribution < 1.29 is 9.69 Å². The number of amides is 1. The van der Waals surface area contributed by atoms with E-state index in [0.717, 1.165) is 50.7 Å². The van der Waals surface area contributed by atoms with E-state index in [1.54, 1.807) is 0 Å². The van der Waals surface area contributed by atoms with Gasteiger partial charge in [0.1, 0.15) is 0 Å². The number of carbonyl (C=O) groups is 1. The molecule has 1 N–H and O–H groups in total. The molecule has 2 aromatic rings. The molecule has 2 aliphatic rings. The fourth-order valence-corrected chi connectivity index (χ4v) is 4.93. The summed E-state index contributed by atoms with van der Waals surface area (Å²) in [6.07, 6.45) is 9.16. The largest absolute Gasteiger partial charge is 0.331 e. The Labute approximate surface area is 176 Å². The number of nitrogens with zero attached hydrogens (tertiary/aromatic N) is 5. The number of piperazine rings is 1. The van der Waals surface area contributed by atoms with E-state index in [1.165, 1.54) is 35.1 Å². The van der Waals surface area contributed by atoms with E-state index in [9.17, 15) is 4.79 Å². The van der Waals surface area contributed by atoms with Crippen LogP contribution in [0.5, 0.6) is 0 Å². The number of thioether (sulfide) groups is 1. The van der Waals surface area contributed by atoms with Crippen molar-refractivity contribution in [2.45, 2.75) is 36.9 Å². The lowest BCUT2D eigenvalue weighted by Crippen LogP contribution is -3.14. The molecule has 1 aromatic carbocycles. The molecule has 8 heteroatoms. The van der Waals surface area contributed by atoms with Gasteiger partial charge in [-0.1, -0.05) is 61.0 Å². The average molecular weight is 414 g/mol. The molecule has 4 rings (SSSR count). The van der Waals surface area contributed by atoms with Gasteiger partial charge < -0.3 is 9.80 Å². The summed E-state index contributed by atoms with van der Waals surface area (Å²) in [6, 6.07) is 10.8. The van der Waals surface area contributed by atoms with Crippen LogP contribution in [0.2, 0.25) is 0 Å². The van der Waals surface area contributed by atoms with Crippen LogP contribution < -0.4 is 4.90 Å². The molecule has 1 aromatic heterocycles. The lowest BCUT2D eigenvalue weighted by atomic mass is 10.2. The minimum absolute atomic E-state index is 0.190. The van der Waals surface area contributed by atoms with Crippen molar-refractivity contribution in [1.29, 1.82) is 0 Å². The maximum absolute atomic E-state index is 12.6. The molecular weight excluding hydrogens is 384 g/mol. The summed E-state index contributed by atoms with van der Waals surface area (Å²) in [5.74, 6) is 0.603. The molecule has 0 spiro atoms. The van der Waals surface area contributed by atoms with Crippen LogP contribution in [-0.2, 0) is 4.79 Å². The van der Waals surface area contributed by atoms with Crippen molar-refractivity contribution in [3.8, 4) is 0 Å². The smallest absolute Gasteiger partial charge is 0.233 e. The van der Waals surface area contributed by atoms with Gasteiger partial charge in [-0.2, -0.15) is 0 Å². The van der Waals surface area contributed by atoms with Gasteiger partial charge in [0, 0.05) is 0 Å². The first-order valence-corrected chi connectivity index (χ1v) is 11.5. The van der Waals surface area contributed by atoms with E-state index in [1.807, 2.05) is 15.6 Å². The molecule has 29 heavy (non-hydrogen) atoms. The third kappa shape index (κ3) is 5.45. The van der Waals surface area contributed by atoms with Crippen LogP contribution in [0.4, 0.5) is 0 Å². The van der Waals surface area contributed by atoms with Gasteiger partial charge in [-0.3, -0.25) is 4.79 Å². The van der Waals surface area contributed by atoms with Crippen molar-refractivity contribution in [3.05, 3.63) is 42.0 Å². The van der Waals surface area contributed by atoms with Crippen LogP contribution in [0.1, 0.15) is 37.3 Å². The molecule has 1 amide bonds. The van der Waals surface area contributed by atoms with Crippen LogP contribution in [-0.4, -0.2) is 69.5 Å². The molecule has 1 saturated heterocycles. The fraction of sp³-hybridized carbons (Fsp3) is 0.524. The van der Waals surface area contributed by atoms with Crippen molar-refractivity contribution in [1.82, 2.24) is 25.1 Å². The molecule has 154 valence electrons. The quantitative estimate of drug-likeness (QED) is 0.694. The zero-order valence-electron chi connectivity index (χ0n) is 16.7. The Hall–Kier alpha value is -2.19. The summed E-state index contributed by atoms with van der Waals surface area (Å²) in [7, 11) is 0. The van der Waals surface area contributed by atoms with E-state index < -0.39 is 0 Å². The molecule has 7 nitrogen and oxygen atoms in total. The second kappa shape index (κ2) is 10.0. The number of benzene rings is 1. The lowest BCUT2D eigenvalue weighted by molar-refractivity contribution is -0.898. The van der Waals surface area contributed by atoms with Gasteiger partial charge >= 0.3 is 0 Å². The fourth-order valence-electron chi connectivity index (χ4n) is 4.08. The van der Waals surface area contributed by atoms with E-state index in [0.29, 0.717) is 11.8 Å². The predicted octanol–water partition coefficient (Wildman–Crippen LogP) is 1.32. The first-order chi connectivity index (χ1) is 14.3. The van der Waals surface area contributed by atoms with E-state index >= 15 is 0 Å². The molecule has 1 aliphatic heterocycles. The van der Waals surface area contributed by atoms with Crippen molar-refractivity contribution in [3.63, 3.8) is 0 Å². The van der Waals surface area contributed by atoms with Crippen molar-refractivity contribution in [2.75, 3.05) is 38.5 Å². The topological polar surface area (TPSA) is 68.4 Å². The molecule has 0 atom stereocenters. The summed E-state index contributed by atoms with van der Waals surface area (Å²) in [5.41, 5.74) is 1.23. The monoisotopic (exact) mass is 413 g/mol. The molecule has 1 saturated carbocycles. The standard InChI is InChI=1S/C21H28N6OS/c28-20(17-29-21-22-23-24-27(21)19-10-4-5-11-19)26-15-13-25(14-16-26)12-6-9-18-7-2-1-3-8-18/h1-3,6-9,19H,4-5,10-17H2/p+1/b9-6+. The second-order valence-corrected chi connectivity index (χ2v) is 8.72. The Bertz CT molecular complexity index is 810. The second-order valence-electron chi connectivity index (χ2n) is 7.78. The predicted molar refractivity (Wildman–Crippen MR) is 114 cm³/mol.